The maximum Gasteiger partial charge on any atom is 0.0257 e. The summed E-state index contributed by atoms with van der Waals surface area (Å²) in [5.74, 6) is 0. The lowest BCUT2D eigenvalue weighted by Gasteiger charge is -1.86. The first-order valence-corrected chi connectivity index (χ1v) is 5.15. The van der Waals surface area contributed by atoms with Gasteiger partial charge in [-0.15, -0.1) is 12.4 Å². The van der Waals surface area contributed by atoms with Gasteiger partial charge in [-0.1, -0.05) is 36.0 Å². The summed E-state index contributed by atoms with van der Waals surface area (Å²) in [4.78, 5) is 2.63. The predicted molar refractivity (Wildman–Crippen MR) is 55.6 cm³/mol. The summed E-state index contributed by atoms with van der Waals surface area (Å²) in [5, 5.41) is 3.39. The largest absolute Gasteiger partial charge is 0.773 e. The van der Waals surface area contributed by atoms with Crippen molar-refractivity contribution in [1.82, 2.24) is 0 Å². The number of nitrogens with zero attached hydrogens (tertiary/aromatic N) is 3. The Morgan fingerprint density at radius 3 is 2.31 bits per heavy atom. The molecule has 0 N–H and O–H groups in total. The van der Waals surface area contributed by atoms with Crippen molar-refractivity contribution < 1.29 is 8.76 Å². The van der Waals surface area contributed by atoms with E-state index in [1.807, 2.05) is 0 Å². The highest BCUT2D eigenvalue weighted by atomic mass is 35.5. The normalized spacial score (nSPS) is 9.77. The molecular formula is C6H15ClN3O2S-. The second-order valence-corrected chi connectivity index (χ2v) is 2.87. The second-order valence-electron chi connectivity index (χ2n) is 2.06. The third kappa shape index (κ3) is 49.8. The van der Waals surface area contributed by atoms with Crippen LogP contribution in [-0.4, -0.2) is 21.6 Å². The van der Waals surface area contributed by atoms with Crippen LogP contribution in [0.25, 0.3) is 10.4 Å². The Bertz CT molecular complexity index is 158. The van der Waals surface area contributed by atoms with E-state index in [-0.39, 0.29) is 12.4 Å². The van der Waals surface area contributed by atoms with E-state index in [2.05, 4.69) is 16.9 Å². The van der Waals surface area contributed by atoms with Crippen molar-refractivity contribution >= 4 is 23.5 Å². The second kappa shape index (κ2) is 17.7. The fourth-order valence-electron chi connectivity index (χ4n) is 0.477. The first-order valence-electron chi connectivity index (χ1n) is 3.66. The SMILES string of the molecule is CCCCCN=[N+]=[N-].CS(=O)[O-].Cl. The summed E-state index contributed by atoms with van der Waals surface area (Å²) in [6.45, 7) is 2.78. The van der Waals surface area contributed by atoms with E-state index in [4.69, 9.17) is 14.3 Å². The number of rotatable bonds is 4. The quantitative estimate of drug-likeness (QED) is 0.243. The average Bonchev–Trinajstić information content (AvgIpc) is 1.97. The fourth-order valence-corrected chi connectivity index (χ4v) is 0.477. The molecule has 0 rings (SSSR count). The summed E-state index contributed by atoms with van der Waals surface area (Å²) >= 11 is -1.86. The van der Waals surface area contributed by atoms with Crippen molar-refractivity contribution in [3.05, 3.63) is 10.4 Å². The molecular weight excluding hydrogens is 214 g/mol. The molecule has 0 aliphatic rings. The van der Waals surface area contributed by atoms with Crippen LogP contribution in [0.4, 0.5) is 0 Å². The maximum atomic E-state index is 9.00. The molecule has 0 saturated heterocycles. The standard InChI is InChI=1S/C5H11N3.CH4O2S.ClH/c1-2-3-4-5-7-8-6;1-4(2)3;/h2-5H2,1H3;1H3,(H,2,3);1H/p-1. The first kappa shape index (κ1) is 18.5. The third-order valence-corrected chi connectivity index (χ3v) is 0.925. The van der Waals surface area contributed by atoms with Crippen LogP contribution < -0.4 is 0 Å². The van der Waals surface area contributed by atoms with Crippen LogP contribution in [0.5, 0.6) is 0 Å². The molecule has 0 spiro atoms. The smallest absolute Gasteiger partial charge is 0.0257 e. The van der Waals surface area contributed by atoms with E-state index in [1.165, 1.54) is 12.8 Å². The van der Waals surface area contributed by atoms with Gasteiger partial charge in [0.15, 0.2) is 0 Å². The number of unbranched alkanes of at least 4 members (excludes halogenated alkanes) is 2. The van der Waals surface area contributed by atoms with Gasteiger partial charge in [0.1, 0.15) is 0 Å². The molecule has 0 bridgehead atoms. The minimum atomic E-state index is -1.86. The van der Waals surface area contributed by atoms with Gasteiger partial charge in [-0.05, 0) is 18.2 Å². The van der Waals surface area contributed by atoms with Crippen LogP contribution in [0.1, 0.15) is 26.2 Å². The molecule has 0 aromatic heterocycles. The zero-order valence-electron chi connectivity index (χ0n) is 7.80. The highest BCUT2D eigenvalue weighted by Gasteiger charge is 1.79. The van der Waals surface area contributed by atoms with Gasteiger partial charge in [-0.3, -0.25) is 4.21 Å². The predicted octanol–water partition coefficient (Wildman–Crippen LogP) is 2.40. The summed E-state index contributed by atoms with van der Waals surface area (Å²) < 4.78 is 18.0. The van der Waals surface area contributed by atoms with Gasteiger partial charge in [0, 0.05) is 11.5 Å². The van der Waals surface area contributed by atoms with Crippen LogP contribution in [0.3, 0.4) is 0 Å². The fraction of sp³-hybridized carbons (Fsp3) is 1.00. The number of azide groups is 1. The van der Waals surface area contributed by atoms with E-state index in [1.54, 1.807) is 0 Å². The molecule has 7 heteroatoms. The molecule has 0 radical (unpaired) electrons. The molecule has 13 heavy (non-hydrogen) atoms. The molecule has 0 aliphatic carbocycles. The van der Waals surface area contributed by atoms with Crippen molar-refractivity contribution in [2.45, 2.75) is 26.2 Å². The number of halogens is 1. The molecule has 0 aromatic carbocycles. The maximum absolute atomic E-state index is 9.00. The molecule has 1 atom stereocenters. The molecule has 0 aromatic rings. The lowest BCUT2D eigenvalue weighted by Crippen LogP contribution is -1.76. The van der Waals surface area contributed by atoms with Crippen LogP contribution in [0.15, 0.2) is 5.11 Å². The average molecular weight is 229 g/mol. The number of hydrogen-bond donors (Lipinski definition) is 0. The number of hydrogen-bond acceptors (Lipinski definition) is 3. The van der Waals surface area contributed by atoms with Gasteiger partial charge in [0.05, 0.1) is 0 Å². The van der Waals surface area contributed by atoms with Gasteiger partial charge >= 0.3 is 0 Å². The highest BCUT2D eigenvalue weighted by Crippen LogP contribution is 1.92. The summed E-state index contributed by atoms with van der Waals surface area (Å²) in [6.07, 6.45) is 4.46. The molecule has 0 saturated carbocycles. The Labute approximate surface area is 87.2 Å². The lowest BCUT2D eigenvalue weighted by molar-refractivity contribution is 0.543. The van der Waals surface area contributed by atoms with Crippen LogP contribution in [0, 0.1) is 0 Å². The summed E-state index contributed by atoms with van der Waals surface area (Å²) in [5.41, 5.74) is 7.82. The van der Waals surface area contributed by atoms with Crippen molar-refractivity contribution in [3.63, 3.8) is 0 Å². The lowest BCUT2D eigenvalue weighted by atomic mass is 10.3. The molecule has 0 amide bonds. The van der Waals surface area contributed by atoms with Gasteiger partial charge in [0.2, 0.25) is 0 Å². The van der Waals surface area contributed by atoms with Gasteiger partial charge in [0.25, 0.3) is 0 Å². The van der Waals surface area contributed by atoms with Gasteiger partial charge in [-0.25, -0.2) is 0 Å². The summed E-state index contributed by atoms with van der Waals surface area (Å²) in [7, 11) is 0. The van der Waals surface area contributed by atoms with Crippen LogP contribution in [-0.2, 0) is 11.1 Å². The Morgan fingerprint density at radius 2 is 2.00 bits per heavy atom. The molecule has 0 fully saturated rings. The third-order valence-electron chi connectivity index (χ3n) is 0.925. The minimum Gasteiger partial charge on any atom is -0.773 e. The highest BCUT2D eigenvalue weighted by molar-refractivity contribution is 7.78. The van der Waals surface area contributed by atoms with Gasteiger partial charge < -0.3 is 4.55 Å². The monoisotopic (exact) mass is 228 g/mol. The molecule has 1 unspecified atom stereocenters. The van der Waals surface area contributed by atoms with Crippen molar-refractivity contribution in [2.75, 3.05) is 12.8 Å². The Kier molecular flexibility index (Phi) is 25.2. The summed E-state index contributed by atoms with van der Waals surface area (Å²) in [6, 6.07) is 0. The van der Waals surface area contributed by atoms with Crippen LogP contribution >= 0.6 is 12.4 Å². The zero-order chi connectivity index (χ0) is 9.82. The van der Waals surface area contributed by atoms with E-state index < -0.39 is 11.1 Å². The molecule has 0 heterocycles. The minimum absolute atomic E-state index is 0. The van der Waals surface area contributed by atoms with E-state index in [9.17, 15) is 0 Å². The first-order chi connectivity index (χ1) is 5.65. The van der Waals surface area contributed by atoms with Crippen molar-refractivity contribution in [3.8, 4) is 0 Å². The Balaban J connectivity index is -0.000000173. The Morgan fingerprint density at radius 1 is 1.54 bits per heavy atom. The molecule has 80 valence electrons. The van der Waals surface area contributed by atoms with E-state index in [0.717, 1.165) is 12.7 Å². The van der Waals surface area contributed by atoms with Crippen molar-refractivity contribution in [2.24, 2.45) is 5.11 Å². The van der Waals surface area contributed by atoms with E-state index >= 15 is 0 Å². The van der Waals surface area contributed by atoms with Crippen molar-refractivity contribution in [1.29, 1.82) is 0 Å². The van der Waals surface area contributed by atoms with E-state index in [0.29, 0.717) is 6.54 Å². The molecule has 0 aliphatic heterocycles. The van der Waals surface area contributed by atoms with Gasteiger partial charge in [-0.2, -0.15) is 0 Å². The zero-order valence-corrected chi connectivity index (χ0v) is 9.44. The van der Waals surface area contributed by atoms with Crippen LogP contribution in [0.2, 0.25) is 0 Å². The molecule has 5 nitrogen and oxygen atoms in total. The topological polar surface area (TPSA) is 88.9 Å². The Hall–Kier alpha value is -0.290.